The number of carbonyl (C=O) groups is 1. The van der Waals surface area contributed by atoms with Crippen molar-refractivity contribution in [1.82, 2.24) is 5.32 Å². The molecule has 10 heteroatoms. The first kappa shape index (κ1) is 30.0. The number of methoxy groups -OCH3 is 4. The van der Waals surface area contributed by atoms with Gasteiger partial charge in [0.2, 0.25) is 5.91 Å². The number of hydrogen-bond acceptors (Lipinski definition) is 7. The van der Waals surface area contributed by atoms with Gasteiger partial charge < -0.3 is 24.3 Å². The van der Waals surface area contributed by atoms with Gasteiger partial charge in [0, 0.05) is 12.1 Å². The molecule has 1 aliphatic rings. The summed E-state index contributed by atoms with van der Waals surface area (Å²) in [6.07, 6.45) is 5.10. The van der Waals surface area contributed by atoms with Crippen LogP contribution < -0.4 is 28.6 Å². The highest BCUT2D eigenvalue weighted by atomic mass is 32.2. The van der Waals surface area contributed by atoms with Gasteiger partial charge in [-0.3, -0.25) is 9.10 Å². The lowest BCUT2D eigenvalue weighted by Crippen LogP contribution is -2.42. The Morgan fingerprint density at radius 1 is 0.829 bits per heavy atom. The van der Waals surface area contributed by atoms with Crippen LogP contribution in [0.4, 0.5) is 5.69 Å². The van der Waals surface area contributed by atoms with Crippen molar-refractivity contribution in [2.75, 3.05) is 39.3 Å². The third kappa shape index (κ3) is 6.53. The number of sulfonamides is 1. The number of rotatable bonds is 12. The minimum atomic E-state index is -4.28. The highest BCUT2D eigenvalue weighted by Crippen LogP contribution is 2.37. The van der Waals surface area contributed by atoms with Gasteiger partial charge in [-0.15, -0.1) is 0 Å². The Hall–Kier alpha value is -3.92. The van der Waals surface area contributed by atoms with Crippen molar-refractivity contribution in [3.8, 4) is 23.0 Å². The molecule has 1 unspecified atom stereocenters. The van der Waals surface area contributed by atoms with Gasteiger partial charge in [0.1, 0.15) is 18.0 Å². The number of anilines is 1. The van der Waals surface area contributed by atoms with E-state index in [-0.39, 0.29) is 28.1 Å². The summed E-state index contributed by atoms with van der Waals surface area (Å²) in [5, 5.41) is 3.06. The van der Waals surface area contributed by atoms with Crippen LogP contribution in [0.1, 0.15) is 48.9 Å². The lowest BCUT2D eigenvalue weighted by molar-refractivity contribution is -0.120. The quantitative estimate of drug-likeness (QED) is 0.318. The Morgan fingerprint density at radius 2 is 1.51 bits per heavy atom. The fourth-order valence-corrected chi connectivity index (χ4v) is 6.60. The molecule has 4 rings (SSSR count). The van der Waals surface area contributed by atoms with E-state index in [9.17, 15) is 13.2 Å². The maximum Gasteiger partial charge on any atom is 0.265 e. The second-order valence-electron chi connectivity index (χ2n) is 9.83. The molecule has 1 N–H and O–H groups in total. The summed E-state index contributed by atoms with van der Waals surface area (Å²) in [5.74, 6) is 0.849. The molecule has 1 atom stereocenters. The molecule has 1 aliphatic carbocycles. The molecule has 1 amide bonds. The van der Waals surface area contributed by atoms with E-state index in [0.29, 0.717) is 17.9 Å². The zero-order valence-electron chi connectivity index (χ0n) is 24.2. The van der Waals surface area contributed by atoms with E-state index in [1.54, 1.807) is 12.1 Å². The van der Waals surface area contributed by atoms with Crippen molar-refractivity contribution in [3.05, 3.63) is 71.3 Å². The molecule has 0 spiro atoms. The Kier molecular flexibility index (Phi) is 9.65. The van der Waals surface area contributed by atoms with Crippen molar-refractivity contribution in [1.29, 1.82) is 0 Å². The van der Waals surface area contributed by atoms with Gasteiger partial charge in [0.15, 0.2) is 11.5 Å². The summed E-state index contributed by atoms with van der Waals surface area (Å²) in [4.78, 5) is 13.5. The van der Waals surface area contributed by atoms with Crippen LogP contribution in [0, 0.1) is 0 Å². The van der Waals surface area contributed by atoms with Gasteiger partial charge in [-0.25, -0.2) is 8.42 Å². The van der Waals surface area contributed by atoms with Gasteiger partial charge in [0.25, 0.3) is 10.0 Å². The molecular weight excluding hydrogens is 544 g/mol. The molecule has 0 saturated carbocycles. The number of aryl methyl sites for hydroxylation is 2. The van der Waals surface area contributed by atoms with Crippen molar-refractivity contribution in [2.45, 2.75) is 50.0 Å². The molecule has 0 fully saturated rings. The average molecular weight is 583 g/mol. The van der Waals surface area contributed by atoms with Gasteiger partial charge in [-0.1, -0.05) is 25.1 Å². The number of fused-ring (bicyclic) bond motifs is 1. The van der Waals surface area contributed by atoms with Crippen molar-refractivity contribution < 1.29 is 32.2 Å². The monoisotopic (exact) mass is 582 g/mol. The summed E-state index contributed by atoms with van der Waals surface area (Å²) in [5.41, 5.74) is 3.85. The van der Waals surface area contributed by atoms with E-state index in [1.807, 2.05) is 6.92 Å². The second kappa shape index (κ2) is 13.2. The molecule has 0 aliphatic heterocycles. The molecule has 0 saturated heterocycles. The van der Waals surface area contributed by atoms with Gasteiger partial charge in [0.05, 0.1) is 45.1 Å². The molecular formula is C31H38N2O7S. The summed E-state index contributed by atoms with van der Waals surface area (Å²) < 4.78 is 50.8. The highest BCUT2D eigenvalue weighted by Gasteiger charge is 2.31. The molecule has 0 bridgehead atoms. The maximum absolute atomic E-state index is 14.1. The Morgan fingerprint density at radius 3 is 2.17 bits per heavy atom. The smallest absolute Gasteiger partial charge is 0.265 e. The molecule has 41 heavy (non-hydrogen) atoms. The molecule has 0 heterocycles. The largest absolute Gasteiger partial charge is 0.497 e. The van der Waals surface area contributed by atoms with Crippen LogP contribution in [0.3, 0.4) is 0 Å². The SMILES string of the molecule is CCC(NC(=O)CN(c1cc(OC)ccc1OC)S(=O)(=O)c1ccc(OC)c(OC)c1)c1ccc2c(c1)CCCC2. The average Bonchev–Trinajstić information content (AvgIpc) is 3.01. The summed E-state index contributed by atoms with van der Waals surface area (Å²) in [7, 11) is 1.54. The Balaban J connectivity index is 1.71. The number of benzene rings is 3. The van der Waals surface area contributed by atoms with E-state index < -0.39 is 22.5 Å². The predicted octanol–water partition coefficient (Wildman–Crippen LogP) is 5.06. The van der Waals surface area contributed by atoms with Crippen LogP contribution >= 0.6 is 0 Å². The van der Waals surface area contributed by atoms with Gasteiger partial charge in [-0.05, 0) is 73.1 Å². The minimum absolute atomic E-state index is 0.0745. The lowest BCUT2D eigenvalue weighted by atomic mass is 9.89. The van der Waals surface area contributed by atoms with E-state index in [0.717, 1.165) is 29.1 Å². The van der Waals surface area contributed by atoms with Crippen molar-refractivity contribution >= 4 is 21.6 Å². The number of nitrogens with one attached hydrogen (secondary N) is 1. The van der Waals surface area contributed by atoms with Crippen molar-refractivity contribution in [3.63, 3.8) is 0 Å². The summed E-state index contributed by atoms with van der Waals surface area (Å²) >= 11 is 0. The molecule has 9 nitrogen and oxygen atoms in total. The fraction of sp³-hybridized carbons (Fsp3) is 0.387. The van der Waals surface area contributed by atoms with Crippen LogP contribution in [0.2, 0.25) is 0 Å². The molecule has 3 aromatic carbocycles. The minimum Gasteiger partial charge on any atom is -0.497 e. The van der Waals surface area contributed by atoms with Crippen LogP contribution in [-0.2, 0) is 27.7 Å². The molecule has 220 valence electrons. The number of ether oxygens (including phenoxy) is 4. The predicted molar refractivity (Wildman–Crippen MR) is 158 cm³/mol. The van der Waals surface area contributed by atoms with Crippen LogP contribution in [-0.4, -0.2) is 49.3 Å². The second-order valence-corrected chi connectivity index (χ2v) is 11.7. The maximum atomic E-state index is 14.1. The molecule has 3 aromatic rings. The first-order chi connectivity index (χ1) is 19.7. The van der Waals surface area contributed by atoms with E-state index in [2.05, 4.69) is 23.5 Å². The summed E-state index contributed by atoms with van der Waals surface area (Å²) in [6, 6.07) is 15.2. The topological polar surface area (TPSA) is 103 Å². The van der Waals surface area contributed by atoms with Crippen LogP contribution in [0.25, 0.3) is 0 Å². The fourth-order valence-electron chi connectivity index (χ4n) is 5.16. The van der Waals surface area contributed by atoms with Gasteiger partial charge >= 0.3 is 0 Å². The van der Waals surface area contributed by atoms with Gasteiger partial charge in [-0.2, -0.15) is 0 Å². The first-order valence-corrected chi connectivity index (χ1v) is 15.1. The zero-order chi connectivity index (χ0) is 29.6. The Labute approximate surface area is 242 Å². The van der Waals surface area contributed by atoms with E-state index in [1.165, 1.54) is 70.3 Å². The van der Waals surface area contributed by atoms with Crippen molar-refractivity contribution in [2.24, 2.45) is 0 Å². The standard InChI is InChI=1S/C31H38N2O7S/c1-6-26(23-12-11-21-9-7-8-10-22(21)17-23)32-31(34)20-33(27-18-24(37-2)13-15-28(27)38-3)41(35,36)25-14-16-29(39-4)30(19-25)40-5/h11-19,26H,6-10,20H2,1-5H3,(H,32,34). The van der Waals surface area contributed by atoms with E-state index in [4.69, 9.17) is 18.9 Å². The number of carbonyl (C=O) groups excluding carboxylic acids is 1. The van der Waals surface area contributed by atoms with Crippen LogP contribution in [0.5, 0.6) is 23.0 Å². The number of hydrogen-bond donors (Lipinski definition) is 1. The summed E-state index contributed by atoms with van der Waals surface area (Å²) in [6.45, 7) is 1.51. The number of amides is 1. The third-order valence-electron chi connectivity index (χ3n) is 7.40. The zero-order valence-corrected chi connectivity index (χ0v) is 25.0. The molecule has 0 radical (unpaired) electrons. The first-order valence-electron chi connectivity index (χ1n) is 13.6. The number of nitrogens with zero attached hydrogens (tertiary/aromatic N) is 1. The van der Waals surface area contributed by atoms with E-state index >= 15 is 0 Å². The molecule has 0 aromatic heterocycles. The lowest BCUT2D eigenvalue weighted by Gasteiger charge is -2.27. The highest BCUT2D eigenvalue weighted by molar-refractivity contribution is 7.92. The van der Waals surface area contributed by atoms with Crippen LogP contribution in [0.15, 0.2) is 59.5 Å². The normalized spacial score (nSPS) is 13.5. The Bertz CT molecular complexity index is 1490. The third-order valence-corrected chi connectivity index (χ3v) is 9.16.